The molecule has 23 heavy (non-hydrogen) atoms. The van der Waals surface area contributed by atoms with Crippen LogP contribution in [0.4, 0.5) is 4.39 Å². The second-order valence-corrected chi connectivity index (χ2v) is 6.15. The smallest absolute Gasteiger partial charge is 0.176 e. The highest BCUT2D eigenvalue weighted by Gasteiger charge is 2.13. The van der Waals surface area contributed by atoms with Crippen molar-refractivity contribution in [2.75, 3.05) is 5.75 Å². The molecule has 116 valence electrons. The molecule has 0 bridgehead atoms. The number of carbonyl (C=O) groups is 1. The van der Waals surface area contributed by atoms with Crippen molar-refractivity contribution in [2.45, 2.75) is 18.4 Å². The van der Waals surface area contributed by atoms with Gasteiger partial charge in [0, 0.05) is 5.39 Å². The van der Waals surface area contributed by atoms with Crippen LogP contribution in [0.1, 0.15) is 22.8 Å². The van der Waals surface area contributed by atoms with Gasteiger partial charge in [0.15, 0.2) is 5.78 Å². The van der Waals surface area contributed by atoms with Crippen LogP contribution < -0.4 is 0 Å². The summed E-state index contributed by atoms with van der Waals surface area (Å²) < 4.78 is 13.7. The first-order valence-corrected chi connectivity index (χ1v) is 8.46. The van der Waals surface area contributed by atoms with Crippen molar-refractivity contribution < 1.29 is 9.18 Å². The molecule has 0 atom stereocenters. The molecule has 1 heterocycles. The molecular formula is C19H16FNOS. The zero-order chi connectivity index (χ0) is 16.2. The fourth-order valence-corrected chi connectivity index (χ4v) is 3.39. The van der Waals surface area contributed by atoms with Gasteiger partial charge in [-0.2, -0.15) is 0 Å². The van der Waals surface area contributed by atoms with Crippen molar-refractivity contribution in [2.24, 2.45) is 0 Å². The average Bonchev–Trinajstić information content (AvgIpc) is 2.59. The summed E-state index contributed by atoms with van der Waals surface area (Å²) in [4.78, 5) is 16.9. The van der Waals surface area contributed by atoms with Crippen LogP contribution in [0.25, 0.3) is 10.9 Å². The number of hydrogen-bond donors (Lipinski definition) is 0. The monoisotopic (exact) mass is 325 g/mol. The third-order valence-electron chi connectivity index (χ3n) is 3.66. The van der Waals surface area contributed by atoms with Gasteiger partial charge in [0.1, 0.15) is 10.8 Å². The SMILES string of the molecule is CCc1cc2ccccc2nc1SCC(=O)c1ccccc1F. The molecule has 2 nitrogen and oxygen atoms in total. The molecule has 3 rings (SSSR count). The molecule has 4 heteroatoms. The van der Waals surface area contributed by atoms with E-state index in [1.54, 1.807) is 12.1 Å². The number of aromatic nitrogens is 1. The fraction of sp³-hybridized carbons (Fsp3) is 0.158. The largest absolute Gasteiger partial charge is 0.293 e. The Labute approximate surface area is 138 Å². The lowest BCUT2D eigenvalue weighted by molar-refractivity contribution is 0.101. The van der Waals surface area contributed by atoms with Gasteiger partial charge in [-0.25, -0.2) is 9.37 Å². The van der Waals surface area contributed by atoms with Gasteiger partial charge in [-0.15, -0.1) is 0 Å². The molecule has 3 aromatic rings. The van der Waals surface area contributed by atoms with Crippen LogP contribution in [-0.4, -0.2) is 16.5 Å². The Kier molecular flexibility index (Phi) is 4.72. The molecule has 1 aromatic heterocycles. The van der Waals surface area contributed by atoms with Crippen molar-refractivity contribution in [1.82, 2.24) is 4.98 Å². The van der Waals surface area contributed by atoms with Crippen LogP contribution >= 0.6 is 11.8 Å². The molecule has 0 fully saturated rings. The second kappa shape index (κ2) is 6.92. The molecule has 0 radical (unpaired) electrons. The number of ketones is 1. The molecular weight excluding hydrogens is 309 g/mol. The molecule has 0 amide bonds. The average molecular weight is 325 g/mol. The van der Waals surface area contributed by atoms with Gasteiger partial charge in [0.05, 0.1) is 16.8 Å². The first kappa shape index (κ1) is 15.7. The van der Waals surface area contributed by atoms with E-state index in [0.29, 0.717) is 0 Å². The number of fused-ring (bicyclic) bond motifs is 1. The lowest BCUT2D eigenvalue weighted by atomic mass is 10.1. The Bertz CT molecular complexity index is 863. The van der Waals surface area contributed by atoms with E-state index in [4.69, 9.17) is 0 Å². The quantitative estimate of drug-likeness (QED) is 0.493. The topological polar surface area (TPSA) is 30.0 Å². The molecule has 0 aliphatic heterocycles. The van der Waals surface area contributed by atoms with Crippen molar-refractivity contribution in [1.29, 1.82) is 0 Å². The highest BCUT2D eigenvalue weighted by molar-refractivity contribution is 8.00. The molecule has 0 saturated carbocycles. The van der Waals surface area contributed by atoms with E-state index < -0.39 is 5.82 Å². The highest BCUT2D eigenvalue weighted by atomic mass is 32.2. The van der Waals surface area contributed by atoms with Crippen LogP contribution in [0.15, 0.2) is 59.6 Å². The number of carbonyl (C=O) groups excluding carboxylic acids is 1. The highest BCUT2D eigenvalue weighted by Crippen LogP contribution is 2.26. The minimum absolute atomic E-state index is 0.138. The number of thioether (sulfide) groups is 1. The van der Waals surface area contributed by atoms with Gasteiger partial charge in [-0.1, -0.05) is 49.0 Å². The lowest BCUT2D eigenvalue weighted by Crippen LogP contribution is -2.06. The summed E-state index contributed by atoms with van der Waals surface area (Å²) in [6.45, 7) is 2.06. The number of para-hydroxylation sites is 1. The van der Waals surface area contributed by atoms with E-state index >= 15 is 0 Å². The first-order chi connectivity index (χ1) is 11.2. The van der Waals surface area contributed by atoms with Gasteiger partial charge in [0.2, 0.25) is 0 Å². The summed E-state index contributed by atoms with van der Waals surface area (Å²) >= 11 is 1.37. The number of hydrogen-bond acceptors (Lipinski definition) is 3. The molecule has 0 aliphatic rings. The Morgan fingerprint density at radius 1 is 1.13 bits per heavy atom. The van der Waals surface area contributed by atoms with E-state index in [2.05, 4.69) is 18.0 Å². The van der Waals surface area contributed by atoms with E-state index in [9.17, 15) is 9.18 Å². The minimum Gasteiger partial charge on any atom is -0.293 e. The number of halogens is 1. The molecule has 2 aromatic carbocycles. The predicted octanol–water partition coefficient (Wildman–Crippen LogP) is 4.91. The van der Waals surface area contributed by atoms with Gasteiger partial charge >= 0.3 is 0 Å². The summed E-state index contributed by atoms with van der Waals surface area (Å²) in [6.07, 6.45) is 0.841. The van der Waals surface area contributed by atoms with Gasteiger partial charge in [-0.3, -0.25) is 4.79 Å². The van der Waals surface area contributed by atoms with E-state index in [1.165, 1.54) is 23.9 Å². The predicted molar refractivity (Wildman–Crippen MR) is 92.6 cm³/mol. The normalized spacial score (nSPS) is 10.9. The first-order valence-electron chi connectivity index (χ1n) is 7.48. The number of Topliss-reactive ketones (excluding diaryl/α,β-unsaturated/α-hetero) is 1. The fourth-order valence-electron chi connectivity index (χ4n) is 2.42. The zero-order valence-corrected chi connectivity index (χ0v) is 13.6. The zero-order valence-electron chi connectivity index (χ0n) is 12.8. The van der Waals surface area contributed by atoms with E-state index in [1.807, 2.05) is 24.3 Å². The third kappa shape index (κ3) is 3.42. The summed E-state index contributed by atoms with van der Waals surface area (Å²) in [6, 6.07) is 16.1. The number of aryl methyl sites for hydroxylation is 1. The molecule has 0 N–H and O–H groups in total. The van der Waals surface area contributed by atoms with Crippen molar-refractivity contribution in [3.63, 3.8) is 0 Å². The van der Waals surface area contributed by atoms with Crippen LogP contribution in [0.5, 0.6) is 0 Å². The molecule has 0 saturated heterocycles. The van der Waals surface area contributed by atoms with Crippen LogP contribution in [-0.2, 0) is 6.42 Å². The molecule has 0 spiro atoms. The van der Waals surface area contributed by atoms with E-state index in [-0.39, 0.29) is 17.1 Å². The standard InChI is InChI=1S/C19H16FNOS/c1-2-13-11-14-7-3-6-10-17(14)21-19(13)23-12-18(22)15-8-4-5-9-16(15)20/h3-11H,2,12H2,1H3. The summed E-state index contributed by atoms with van der Waals surface area (Å²) in [5, 5.41) is 1.94. The Morgan fingerprint density at radius 3 is 2.65 bits per heavy atom. The minimum atomic E-state index is -0.472. The van der Waals surface area contributed by atoms with Crippen LogP contribution in [0, 0.1) is 5.82 Å². The Balaban J connectivity index is 1.84. The van der Waals surface area contributed by atoms with Gasteiger partial charge < -0.3 is 0 Å². The molecule has 0 unspecified atom stereocenters. The maximum absolute atomic E-state index is 13.7. The van der Waals surface area contributed by atoms with E-state index in [0.717, 1.165) is 27.9 Å². The van der Waals surface area contributed by atoms with Crippen molar-refractivity contribution in [3.05, 3.63) is 71.5 Å². The maximum Gasteiger partial charge on any atom is 0.176 e. The number of pyridine rings is 1. The van der Waals surface area contributed by atoms with Gasteiger partial charge in [-0.05, 0) is 36.2 Å². The summed E-state index contributed by atoms with van der Waals surface area (Å²) in [5.74, 6) is -0.510. The molecule has 0 aliphatic carbocycles. The summed E-state index contributed by atoms with van der Waals surface area (Å²) in [5.41, 5.74) is 2.15. The van der Waals surface area contributed by atoms with Gasteiger partial charge in [0.25, 0.3) is 0 Å². The summed E-state index contributed by atoms with van der Waals surface area (Å²) in [7, 11) is 0. The maximum atomic E-state index is 13.7. The Morgan fingerprint density at radius 2 is 1.87 bits per heavy atom. The van der Waals surface area contributed by atoms with Crippen molar-refractivity contribution in [3.8, 4) is 0 Å². The number of rotatable bonds is 5. The third-order valence-corrected chi connectivity index (χ3v) is 4.69. The number of benzene rings is 2. The lowest BCUT2D eigenvalue weighted by Gasteiger charge is -2.09. The Hall–Kier alpha value is -2.20. The number of nitrogens with zero attached hydrogens (tertiary/aromatic N) is 1. The van der Waals surface area contributed by atoms with Crippen LogP contribution in [0.3, 0.4) is 0 Å². The van der Waals surface area contributed by atoms with Crippen LogP contribution in [0.2, 0.25) is 0 Å². The second-order valence-electron chi connectivity index (χ2n) is 5.19. The van der Waals surface area contributed by atoms with Crippen molar-refractivity contribution >= 4 is 28.4 Å².